The summed E-state index contributed by atoms with van der Waals surface area (Å²) in [5.74, 6) is 0.892. The van der Waals surface area contributed by atoms with Crippen LogP contribution in [0.3, 0.4) is 0 Å². The summed E-state index contributed by atoms with van der Waals surface area (Å²) in [6.45, 7) is 8.81. The van der Waals surface area contributed by atoms with Crippen LogP contribution >= 0.6 is 0 Å². The van der Waals surface area contributed by atoms with Crippen LogP contribution in [0.15, 0.2) is 0 Å². The lowest BCUT2D eigenvalue weighted by Crippen LogP contribution is -2.38. The SMILES string of the molecule is CCN(CC)C(=O)CNCCC1CCOC1. The fraction of sp³-hybridized carbons (Fsp3) is 0.917. The molecule has 0 saturated carbocycles. The van der Waals surface area contributed by atoms with E-state index in [4.69, 9.17) is 4.74 Å². The van der Waals surface area contributed by atoms with Gasteiger partial charge in [0.05, 0.1) is 6.54 Å². The number of likely N-dealkylation sites (N-methyl/N-ethyl adjacent to an activating group) is 1. The summed E-state index contributed by atoms with van der Waals surface area (Å²) in [7, 11) is 0. The molecule has 1 N–H and O–H groups in total. The van der Waals surface area contributed by atoms with Crippen LogP contribution in [0.2, 0.25) is 0 Å². The number of amides is 1. The predicted molar refractivity (Wildman–Crippen MR) is 64.3 cm³/mol. The lowest BCUT2D eigenvalue weighted by Gasteiger charge is -2.19. The van der Waals surface area contributed by atoms with Crippen molar-refractivity contribution in [1.82, 2.24) is 10.2 Å². The largest absolute Gasteiger partial charge is 0.381 e. The molecule has 1 atom stereocenters. The Kier molecular flexibility index (Phi) is 6.42. The summed E-state index contributed by atoms with van der Waals surface area (Å²) in [6, 6.07) is 0. The highest BCUT2D eigenvalue weighted by molar-refractivity contribution is 5.78. The highest BCUT2D eigenvalue weighted by Gasteiger charge is 2.15. The minimum Gasteiger partial charge on any atom is -0.381 e. The third-order valence-corrected chi connectivity index (χ3v) is 3.15. The predicted octanol–water partition coefficient (Wildman–Crippen LogP) is 0.871. The molecule has 1 unspecified atom stereocenters. The van der Waals surface area contributed by atoms with Gasteiger partial charge in [0.1, 0.15) is 0 Å². The van der Waals surface area contributed by atoms with Gasteiger partial charge in [-0.25, -0.2) is 0 Å². The molecular formula is C12H24N2O2. The molecule has 0 bridgehead atoms. The van der Waals surface area contributed by atoms with Crippen LogP contribution in [-0.2, 0) is 9.53 Å². The van der Waals surface area contributed by atoms with Gasteiger partial charge in [-0.3, -0.25) is 4.79 Å². The van der Waals surface area contributed by atoms with Gasteiger partial charge in [-0.05, 0) is 39.2 Å². The molecule has 0 aliphatic carbocycles. The maximum Gasteiger partial charge on any atom is 0.236 e. The minimum absolute atomic E-state index is 0.202. The van der Waals surface area contributed by atoms with Gasteiger partial charge in [-0.15, -0.1) is 0 Å². The van der Waals surface area contributed by atoms with E-state index < -0.39 is 0 Å². The van der Waals surface area contributed by atoms with E-state index in [1.165, 1.54) is 6.42 Å². The van der Waals surface area contributed by atoms with Crippen LogP contribution in [0.25, 0.3) is 0 Å². The normalized spacial score (nSPS) is 20.0. The zero-order chi connectivity index (χ0) is 11.8. The number of hydrogen-bond donors (Lipinski definition) is 1. The Morgan fingerprint density at radius 3 is 2.75 bits per heavy atom. The van der Waals surface area contributed by atoms with Gasteiger partial charge in [0.15, 0.2) is 0 Å². The fourth-order valence-corrected chi connectivity index (χ4v) is 2.00. The van der Waals surface area contributed by atoms with Crippen LogP contribution in [-0.4, -0.2) is 50.2 Å². The summed E-state index contributed by atoms with van der Waals surface area (Å²) in [5.41, 5.74) is 0. The van der Waals surface area contributed by atoms with Crippen LogP contribution in [0.1, 0.15) is 26.7 Å². The standard InChI is InChI=1S/C12H24N2O2/c1-3-14(4-2)12(15)9-13-7-5-11-6-8-16-10-11/h11,13H,3-10H2,1-2H3. The lowest BCUT2D eigenvalue weighted by atomic mass is 10.1. The highest BCUT2D eigenvalue weighted by Crippen LogP contribution is 2.14. The van der Waals surface area contributed by atoms with Crippen LogP contribution < -0.4 is 5.32 Å². The molecule has 16 heavy (non-hydrogen) atoms. The van der Waals surface area contributed by atoms with Gasteiger partial charge < -0.3 is 15.0 Å². The number of rotatable bonds is 7. The van der Waals surface area contributed by atoms with Gasteiger partial charge >= 0.3 is 0 Å². The molecule has 1 amide bonds. The van der Waals surface area contributed by atoms with Gasteiger partial charge in [0.25, 0.3) is 0 Å². The maximum absolute atomic E-state index is 11.6. The summed E-state index contributed by atoms with van der Waals surface area (Å²) >= 11 is 0. The second kappa shape index (κ2) is 7.63. The van der Waals surface area contributed by atoms with E-state index >= 15 is 0 Å². The first-order chi connectivity index (χ1) is 7.77. The Balaban J connectivity index is 2.03. The number of ether oxygens (including phenoxy) is 1. The Morgan fingerprint density at radius 1 is 1.44 bits per heavy atom. The van der Waals surface area contributed by atoms with Gasteiger partial charge in [0.2, 0.25) is 5.91 Å². The zero-order valence-corrected chi connectivity index (χ0v) is 10.5. The molecule has 1 saturated heterocycles. The smallest absolute Gasteiger partial charge is 0.236 e. The molecule has 1 aliphatic rings. The molecule has 4 nitrogen and oxygen atoms in total. The van der Waals surface area contributed by atoms with Gasteiger partial charge in [-0.2, -0.15) is 0 Å². The number of nitrogens with zero attached hydrogens (tertiary/aromatic N) is 1. The van der Waals surface area contributed by atoms with Crippen molar-refractivity contribution < 1.29 is 9.53 Å². The Hall–Kier alpha value is -0.610. The van der Waals surface area contributed by atoms with Crippen LogP contribution in [0.5, 0.6) is 0 Å². The molecule has 0 aromatic heterocycles. The monoisotopic (exact) mass is 228 g/mol. The van der Waals surface area contributed by atoms with E-state index in [0.717, 1.165) is 39.3 Å². The van der Waals surface area contributed by atoms with Crippen molar-refractivity contribution >= 4 is 5.91 Å². The quantitative estimate of drug-likeness (QED) is 0.657. The van der Waals surface area contributed by atoms with Crippen molar-refractivity contribution in [2.24, 2.45) is 5.92 Å². The number of carbonyl (C=O) groups excluding carboxylic acids is 1. The van der Waals surface area contributed by atoms with Crippen LogP contribution in [0, 0.1) is 5.92 Å². The number of nitrogens with one attached hydrogen (secondary N) is 1. The van der Waals surface area contributed by atoms with E-state index in [-0.39, 0.29) is 5.91 Å². The van der Waals surface area contributed by atoms with E-state index in [0.29, 0.717) is 12.5 Å². The topological polar surface area (TPSA) is 41.6 Å². The highest BCUT2D eigenvalue weighted by atomic mass is 16.5. The van der Waals surface area contributed by atoms with Crippen molar-refractivity contribution in [3.63, 3.8) is 0 Å². The Morgan fingerprint density at radius 2 is 2.19 bits per heavy atom. The van der Waals surface area contributed by atoms with Crippen molar-refractivity contribution in [3.8, 4) is 0 Å². The average Bonchev–Trinajstić information content (AvgIpc) is 2.79. The molecule has 1 fully saturated rings. The van der Waals surface area contributed by atoms with Crippen molar-refractivity contribution in [2.75, 3.05) is 39.4 Å². The summed E-state index contributed by atoms with van der Waals surface area (Å²) in [4.78, 5) is 13.5. The molecular weight excluding hydrogens is 204 g/mol. The molecule has 4 heteroatoms. The number of carbonyl (C=O) groups is 1. The first-order valence-electron chi connectivity index (χ1n) is 6.34. The molecule has 1 heterocycles. The summed E-state index contributed by atoms with van der Waals surface area (Å²) in [6.07, 6.45) is 2.29. The van der Waals surface area contributed by atoms with Crippen molar-refractivity contribution in [1.29, 1.82) is 0 Å². The first-order valence-corrected chi connectivity index (χ1v) is 6.34. The Labute approximate surface area is 98.3 Å². The third-order valence-electron chi connectivity index (χ3n) is 3.15. The Bertz CT molecular complexity index is 199. The minimum atomic E-state index is 0.202. The van der Waals surface area contributed by atoms with Crippen molar-refractivity contribution in [2.45, 2.75) is 26.7 Å². The number of hydrogen-bond acceptors (Lipinski definition) is 3. The maximum atomic E-state index is 11.6. The average molecular weight is 228 g/mol. The molecule has 1 rings (SSSR count). The van der Waals surface area contributed by atoms with E-state index in [2.05, 4.69) is 5.32 Å². The van der Waals surface area contributed by atoms with E-state index in [9.17, 15) is 4.79 Å². The molecule has 0 aromatic carbocycles. The molecule has 94 valence electrons. The third kappa shape index (κ3) is 4.49. The molecule has 0 radical (unpaired) electrons. The molecule has 0 aromatic rings. The van der Waals surface area contributed by atoms with Gasteiger partial charge in [0, 0.05) is 26.3 Å². The van der Waals surface area contributed by atoms with E-state index in [1.54, 1.807) is 0 Å². The fourth-order valence-electron chi connectivity index (χ4n) is 2.00. The first kappa shape index (κ1) is 13.5. The zero-order valence-electron chi connectivity index (χ0n) is 10.5. The molecule has 0 spiro atoms. The second-order valence-electron chi connectivity index (χ2n) is 4.26. The second-order valence-corrected chi connectivity index (χ2v) is 4.26. The van der Waals surface area contributed by atoms with E-state index in [1.807, 2.05) is 18.7 Å². The van der Waals surface area contributed by atoms with Crippen LogP contribution in [0.4, 0.5) is 0 Å². The molecule has 1 aliphatic heterocycles. The summed E-state index contributed by atoms with van der Waals surface area (Å²) in [5, 5.41) is 3.21. The summed E-state index contributed by atoms with van der Waals surface area (Å²) < 4.78 is 5.31. The van der Waals surface area contributed by atoms with Crippen molar-refractivity contribution in [3.05, 3.63) is 0 Å². The lowest BCUT2D eigenvalue weighted by molar-refractivity contribution is -0.129. The van der Waals surface area contributed by atoms with Gasteiger partial charge in [-0.1, -0.05) is 0 Å².